The second-order valence-electron chi connectivity index (χ2n) is 25.2. The third-order valence-electron chi connectivity index (χ3n) is 15.9. The minimum atomic E-state index is -0.0949. The van der Waals surface area contributed by atoms with Crippen molar-refractivity contribution in [2.24, 2.45) is 0 Å². The predicted molar refractivity (Wildman–Crippen MR) is 320 cm³/mol. The van der Waals surface area contributed by atoms with E-state index in [-0.39, 0.29) is 28.4 Å². The number of rotatable bonds is 5. The van der Waals surface area contributed by atoms with E-state index in [0.29, 0.717) is 0 Å². The normalized spacial score (nSPS) is 13.6. The smallest absolute Gasteiger partial charge is 0.252 e. The zero-order valence-electron chi connectivity index (χ0n) is 45.4. The highest BCUT2D eigenvalue weighted by molar-refractivity contribution is 7.00. The summed E-state index contributed by atoms with van der Waals surface area (Å²) < 4.78 is 2.52. The van der Waals surface area contributed by atoms with Gasteiger partial charge in [0.1, 0.15) is 0 Å². The number of nitrogens with zero attached hydrogens (tertiary/aromatic N) is 3. The third kappa shape index (κ3) is 7.97. The number of anilines is 6. The van der Waals surface area contributed by atoms with Crippen LogP contribution in [0.15, 0.2) is 194 Å². The highest BCUT2D eigenvalue weighted by Gasteiger charge is 2.45. The Morgan fingerprint density at radius 2 is 0.649 bits per heavy atom. The summed E-state index contributed by atoms with van der Waals surface area (Å²) in [5, 5.41) is 2.49. The van der Waals surface area contributed by atoms with Crippen molar-refractivity contribution in [3.05, 3.63) is 216 Å². The fourth-order valence-electron chi connectivity index (χ4n) is 11.7. The molecule has 0 saturated heterocycles. The van der Waals surface area contributed by atoms with Gasteiger partial charge in [-0.15, -0.1) is 0 Å². The molecule has 0 saturated carbocycles. The fourth-order valence-corrected chi connectivity index (χ4v) is 11.7. The van der Waals surface area contributed by atoms with Gasteiger partial charge in [-0.05, 0) is 143 Å². The van der Waals surface area contributed by atoms with Crippen LogP contribution >= 0.6 is 0 Å². The molecular formula is C70H68BN3. The second-order valence-corrected chi connectivity index (χ2v) is 25.2. The molecule has 0 atom stereocenters. The summed E-state index contributed by atoms with van der Waals surface area (Å²) in [5.74, 6) is 0. The molecule has 0 N–H and O–H groups in total. The first-order valence-corrected chi connectivity index (χ1v) is 26.7. The van der Waals surface area contributed by atoms with Gasteiger partial charge >= 0.3 is 0 Å². The summed E-state index contributed by atoms with van der Waals surface area (Å²) in [5.41, 5.74) is 24.3. The lowest BCUT2D eigenvalue weighted by molar-refractivity contribution is 0.568. The molecule has 3 nitrogen and oxygen atoms in total. The van der Waals surface area contributed by atoms with Crippen molar-refractivity contribution in [1.29, 1.82) is 0 Å². The topological polar surface area (TPSA) is 11.4 Å². The molecule has 366 valence electrons. The Kier molecular flexibility index (Phi) is 10.9. The first-order chi connectivity index (χ1) is 35.2. The molecular weight excluding hydrogens is 894 g/mol. The molecule has 12 rings (SSSR count). The Morgan fingerprint density at radius 1 is 0.297 bits per heavy atom. The molecule has 0 amide bonds. The molecule has 0 bridgehead atoms. The molecule has 74 heavy (non-hydrogen) atoms. The van der Waals surface area contributed by atoms with Gasteiger partial charge in [0.05, 0.1) is 16.7 Å². The quantitative estimate of drug-likeness (QED) is 0.159. The lowest BCUT2D eigenvalue weighted by Crippen LogP contribution is -2.61. The van der Waals surface area contributed by atoms with Crippen LogP contribution in [0.5, 0.6) is 0 Å². The van der Waals surface area contributed by atoms with Gasteiger partial charge in [-0.3, -0.25) is 0 Å². The molecule has 4 heteroatoms. The maximum Gasteiger partial charge on any atom is 0.252 e. The molecule has 0 unspecified atom stereocenters. The highest BCUT2D eigenvalue weighted by atomic mass is 15.2. The molecule has 0 aliphatic carbocycles. The Bertz CT molecular complexity index is 3520. The lowest BCUT2D eigenvalue weighted by Gasteiger charge is -2.45. The predicted octanol–water partition coefficient (Wildman–Crippen LogP) is 17.4. The summed E-state index contributed by atoms with van der Waals surface area (Å²) in [6.07, 6.45) is 0. The Morgan fingerprint density at radius 3 is 1.01 bits per heavy atom. The lowest BCUT2D eigenvalue weighted by atomic mass is 9.33. The van der Waals surface area contributed by atoms with Crippen molar-refractivity contribution in [2.45, 2.75) is 105 Å². The maximum atomic E-state index is 2.65. The van der Waals surface area contributed by atoms with E-state index >= 15 is 0 Å². The van der Waals surface area contributed by atoms with Crippen LogP contribution in [0.2, 0.25) is 0 Å². The van der Waals surface area contributed by atoms with Crippen molar-refractivity contribution < 1.29 is 0 Å². The maximum absolute atomic E-state index is 2.65. The number of aromatic nitrogens is 1. The molecule has 2 aliphatic heterocycles. The standard InChI is InChI=1S/C70H68BN3/c1-67(2,3)49-37-50(68(4,5)6)40-53(39-49)73-62-35-47(45-23-15-13-16-24-45)31-33-58(62)71-59-34-32-48(46-25-17-14-18-26-46)36-63(59)74(54-41-51(69(7,8)9)38-52(42-54)70(10,11)12)65-44-55(43-64(73)66(65)71)72-60-29-21-19-27-56(60)57-28-20-22-30-61(57)72/h13-44H,1-12H3. The van der Waals surface area contributed by atoms with Gasteiger partial charge in [0.25, 0.3) is 6.71 Å². The van der Waals surface area contributed by atoms with Crippen molar-refractivity contribution >= 4 is 79.0 Å². The molecule has 1 aromatic heterocycles. The zero-order chi connectivity index (χ0) is 51.6. The number of para-hydroxylation sites is 2. The molecule has 3 heterocycles. The largest absolute Gasteiger partial charge is 0.311 e. The molecule has 2 aliphatic rings. The van der Waals surface area contributed by atoms with E-state index in [1.165, 1.54) is 117 Å². The van der Waals surface area contributed by atoms with Gasteiger partial charge in [-0.25, -0.2) is 0 Å². The number of hydrogen-bond donors (Lipinski definition) is 0. The van der Waals surface area contributed by atoms with Crippen molar-refractivity contribution in [3.63, 3.8) is 0 Å². The monoisotopic (exact) mass is 962 g/mol. The van der Waals surface area contributed by atoms with Crippen LogP contribution < -0.4 is 26.2 Å². The van der Waals surface area contributed by atoms with E-state index in [0.717, 1.165) is 5.69 Å². The van der Waals surface area contributed by atoms with Crippen molar-refractivity contribution in [1.82, 2.24) is 4.57 Å². The van der Waals surface area contributed by atoms with Gasteiger partial charge in [0, 0.05) is 44.9 Å². The number of fused-ring (bicyclic) bond motifs is 7. The summed E-state index contributed by atoms with van der Waals surface area (Å²) in [6.45, 7) is 28.2. The summed E-state index contributed by atoms with van der Waals surface area (Å²) >= 11 is 0. The molecule has 9 aromatic carbocycles. The fraction of sp³-hybridized carbons (Fsp3) is 0.229. The Labute approximate surface area is 440 Å². The third-order valence-corrected chi connectivity index (χ3v) is 15.9. The van der Waals surface area contributed by atoms with E-state index in [1.54, 1.807) is 0 Å². The first kappa shape index (κ1) is 47.4. The molecule has 10 aromatic rings. The summed E-state index contributed by atoms with van der Waals surface area (Å²) in [4.78, 5) is 5.29. The van der Waals surface area contributed by atoms with Gasteiger partial charge in [0.15, 0.2) is 0 Å². The first-order valence-electron chi connectivity index (χ1n) is 26.7. The van der Waals surface area contributed by atoms with Gasteiger partial charge in [0.2, 0.25) is 0 Å². The van der Waals surface area contributed by atoms with Crippen molar-refractivity contribution in [2.75, 3.05) is 9.80 Å². The SMILES string of the molecule is CC(C)(C)c1cc(N2c3cc(-c4ccccc4)ccc3B3c4ccc(-c5ccccc5)cc4N(c4cc(C(C)(C)C)cc(C(C)(C)C)c4)c4cc(-n5c6ccccc6c6ccccc65)cc2c43)cc(C(C)(C)C)c1. The van der Waals surface area contributed by atoms with Crippen LogP contribution in [0.4, 0.5) is 34.1 Å². The van der Waals surface area contributed by atoms with Crippen LogP contribution in [0.3, 0.4) is 0 Å². The number of benzene rings is 9. The van der Waals surface area contributed by atoms with Crippen LogP contribution in [-0.2, 0) is 21.7 Å². The van der Waals surface area contributed by atoms with Gasteiger partial charge in [-0.2, -0.15) is 0 Å². The Balaban J connectivity index is 1.27. The summed E-state index contributed by atoms with van der Waals surface area (Å²) in [7, 11) is 0. The van der Waals surface area contributed by atoms with Crippen molar-refractivity contribution in [3.8, 4) is 27.9 Å². The van der Waals surface area contributed by atoms with E-state index < -0.39 is 0 Å². The molecule has 0 radical (unpaired) electrons. The Hall–Kier alpha value is -7.56. The second kappa shape index (κ2) is 17.0. The van der Waals surface area contributed by atoms with Gasteiger partial charge < -0.3 is 14.4 Å². The van der Waals surface area contributed by atoms with Crippen LogP contribution in [0.1, 0.15) is 105 Å². The minimum Gasteiger partial charge on any atom is -0.311 e. The van der Waals surface area contributed by atoms with Crippen LogP contribution in [-0.4, -0.2) is 11.3 Å². The zero-order valence-corrected chi connectivity index (χ0v) is 45.4. The minimum absolute atomic E-state index is 0.0693. The van der Waals surface area contributed by atoms with Crippen LogP contribution in [0, 0.1) is 0 Å². The average molecular weight is 962 g/mol. The van der Waals surface area contributed by atoms with E-state index in [1.807, 2.05) is 0 Å². The summed E-state index contributed by atoms with van der Waals surface area (Å²) in [6, 6.07) is 74.2. The van der Waals surface area contributed by atoms with E-state index in [2.05, 4.69) is 292 Å². The van der Waals surface area contributed by atoms with E-state index in [9.17, 15) is 0 Å². The molecule has 0 fully saturated rings. The van der Waals surface area contributed by atoms with Crippen LogP contribution in [0.25, 0.3) is 49.7 Å². The van der Waals surface area contributed by atoms with E-state index in [4.69, 9.17) is 0 Å². The van der Waals surface area contributed by atoms with Gasteiger partial charge in [-0.1, -0.05) is 217 Å². The number of hydrogen-bond acceptors (Lipinski definition) is 2. The average Bonchev–Trinajstić information content (AvgIpc) is 3.79. The molecule has 0 spiro atoms. The highest BCUT2D eigenvalue weighted by Crippen LogP contribution is 2.50.